The second-order valence-electron chi connectivity index (χ2n) is 7.87. The monoisotopic (exact) mass is 402 g/mol. The summed E-state index contributed by atoms with van der Waals surface area (Å²) in [7, 11) is 3.20. The molecule has 1 saturated carbocycles. The van der Waals surface area contributed by atoms with Gasteiger partial charge in [-0.15, -0.1) is 0 Å². The van der Waals surface area contributed by atoms with Gasteiger partial charge >= 0.3 is 0 Å². The summed E-state index contributed by atoms with van der Waals surface area (Å²) in [4.78, 5) is 15.6. The molecule has 0 bridgehead atoms. The molecular weight excluding hydrogens is 368 g/mol. The number of benzene rings is 1. The van der Waals surface area contributed by atoms with Crippen molar-refractivity contribution in [2.75, 3.05) is 47.1 Å². The number of rotatable bonds is 7. The molecule has 6 heteroatoms. The number of amides is 1. The third-order valence-corrected chi connectivity index (χ3v) is 6.16. The Morgan fingerprint density at radius 3 is 2.52 bits per heavy atom. The molecule has 1 amide bonds. The van der Waals surface area contributed by atoms with Crippen LogP contribution >= 0.6 is 0 Å². The smallest absolute Gasteiger partial charge is 0.251 e. The molecule has 1 aromatic carbocycles. The van der Waals surface area contributed by atoms with Gasteiger partial charge in [-0.2, -0.15) is 0 Å². The van der Waals surface area contributed by atoms with E-state index >= 15 is 0 Å². The molecule has 1 aliphatic carbocycles. The predicted molar refractivity (Wildman–Crippen MR) is 115 cm³/mol. The van der Waals surface area contributed by atoms with Crippen molar-refractivity contribution in [1.29, 1.82) is 0 Å². The standard InChI is InChI=1S/C23H34N2O4/c1-4-8-18-15-19(16-20(27-2)21(18)28-3)22(26)24-17-23(9-6-5-7-10-23)25-11-13-29-14-12-25/h4,8,15-16H,5-7,9-14,17H2,1-3H3,(H,24,26)/b8-4+. The minimum absolute atomic E-state index is 0.0421. The maximum Gasteiger partial charge on any atom is 0.251 e. The molecule has 29 heavy (non-hydrogen) atoms. The van der Waals surface area contributed by atoms with Crippen LogP contribution in [-0.2, 0) is 4.74 Å². The van der Waals surface area contributed by atoms with Crippen molar-refractivity contribution in [2.45, 2.75) is 44.6 Å². The maximum absolute atomic E-state index is 13.1. The average molecular weight is 403 g/mol. The highest BCUT2D eigenvalue weighted by Crippen LogP contribution is 2.35. The normalized spacial score (nSPS) is 19.8. The van der Waals surface area contributed by atoms with E-state index in [1.54, 1.807) is 20.3 Å². The Morgan fingerprint density at radius 2 is 1.90 bits per heavy atom. The first kappa shape index (κ1) is 21.7. The number of hydrogen-bond donors (Lipinski definition) is 1. The SMILES string of the molecule is C/C=C/c1cc(C(=O)NCC2(N3CCOCC3)CCCCC2)cc(OC)c1OC. The van der Waals surface area contributed by atoms with E-state index in [0.717, 1.165) is 44.7 Å². The molecule has 160 valence electrons. The zero-order valence-corrected chi connectivity index (χ0v) is 18.0. The molecule has 0 unspecified atom stereocenters. The van der Waals surface area contributed by atoms with Crippen molar-refractivity contribution in [3.63, 3.8) is 0 Å². The second kappa shape index (κ2) is 10.1. The molecule has 1 saturated heterocycles. The average Bonchev–Trinajstić information content (AvgIpc) is 2.78. The molecule has 1 N–H and O–H groups in total. The topological polar surface area (TPSA) is 60.0 Å². The minimum atomic E-state index is -0.0742. The van der Waals surface area contributed by atoms with Crippen LogP contribution in [0.15, 0.2) is 18.2 Å². The van der Waals surface area contributed by atoms with Gasteiger partial charge in [-0.25, -0.2) is 0 Å². The number of carbonyl (C=O) groups is 1. The minimum Gasteiger partial charge on any atom is -0.493 e. The summed E-state index contributed by atoms with van der Waals surface area (Å²) < 4.78 is 16.5. The number of allylic oxidation sites excluding steroid dienone is 1. The largest absolute Gasteiger partial charge is 0.493 e. The molecule has 0 radical (unpaired) electrons. The van der Waals surface area contributed by atoms with E-state index in [-0.39, 0.29) is 11.4 Å². The lowest BCUT2D eigenvalue weighted by atomic mass is 9.79. The van der Waals surface area contributed by atoms with Crippen LogP contribution in [0.25, 0.3) is 6.08 Å². The first-order valence-corrected chi connectivity index (χ1v) is 10.6. The molecule has 2 fully saturated rings. The van der Waals surface area contributed by atoms with Crippen LogP contribution in [0, 0.1) is 0 Å². The highest BCUT2D eigenvalue weighted by atomic mass is 16.5. The van der Waals surface area contributed by atoms with Crippen LogP contribution in [0.1, 0.15) is 54.9 Å². The summed E-state index contributed by atoms with van der Waals surface area (Å²) >= 11 is 0. The molecule has 0 atom stereocenters. The van der Waals surface area contributed by atoms with E-state index in [1.165, 1.54) is 19.3 Å². The highest BCUT2D eigenvalue weighted by molar-refractivity contribution is 5.96. The van der Waals surface area contributed by atoms with Crippen LogP contribution in [-0.4, -0.2) is 63.4 Å². The van der Waals surface area contributed by atoms with Gasteiger partial charge in [0, 0.05) is 36.3 Å². The number of carbonyl (C=O) groups excluding carboxylic acids is 1. The molecule has 6 nitrogen and oxygen atoms in total. The van der Waals surface area contributed by atoms with E-state index in [1.807, 2.05) is 25.1 Å². The van der Waals surface area contributed by atoms with Crippen LogP contribution in [0.3, 0.4) is 0 Å². The zero-order chi connectivity index (χ0) is 20.7. The fourth-order valence-electron chi connectivity index (χ4n) is 4.63. The number of nitrogens with one attached hydrogen (secondary N) is 1. The zero-order valence-electron chi connectivity index (χ0n) is 18.0. The Morgan fingerprint density at radius 1 is 1.17 bits per heavy atom. The van der Waals surface area contributed by atoms with Gasteiger partial charge in [0.05, 0.1) is 27.4 Å². The van der Waals surface area contributed by atoms with Crippen LogP contribution in [0.5, 0.6) is 11.5 Å². The summed E-state index contributed by atoms with van der Waals surface area (Å²) in [5.41, 5.74) is 1.46. The van der Waals surface area contributed by atoms with Gasteiger partial charge in [0.15, 0.2) is 11.5 Å². The van der Waals surface area contributed by atoms with Gasteiger partial charge in [0.1, 0.15) is 0 Å². The number of methoxy groups -OCH3 is 2. The number of morpholine rings is 1. The van der Waals surface area contributed by atoms with Crippen molar-refractivity contribution in [3.8, 4) is 11.5 Å². The first-order chi connectivity index (χ1) is 14.1. The van der Waals surface area contributed by atoms with E-state index in [2.05, 4.69) is 10.2 Å². The molecule has 0 aromatic heterocycles. The van der Waals surface area contributed by atoms with Gasteiger partial charge in [-0.1, -0.05) is 31.4 Å². The van der Waals surface area contributed by atoms with Gasteiger partial charge in [0.2, 0.25) is 0 Å². The lowest BCUT2D eigenvalue weighted by Crippen LogP contribution is -2.59. The third kappa shape index (κ3) is 4.93. The van der Waals surface area contributed by atoms with Crippen LogP contribution in [0.4, 0.5) is 0 Å². The lowest BCUT2D eigenvalue weighted by molar-refractivity contribution is -0.0361. The van der Waals surface area contributed by atoms with Gasteiger partial charge in [-0.3, -0.25) is 9.69 Å². The number of hydrogen-bond acceptors (Lipinski definition) is 5. The van der Waals surface area contributed by atoms with Crippen LogP contribution < -0.4 is 14.8 Å². The molecule has 1 aromatic rings. The van der Waals surface area contributed by atoms with E-state index in [4.69, 9.17) is 14.2 Å². The number of ether oxygens (including phenoxy) is 3. The summed E-state index contributed by atoms with van der Waals surface area (Å²) in [6.07, 6.45) is 9.82. The maximum atomic E-state index is 13.1. The van der Waals surface area contributed by atoms with Crippen LogP contribution in [0.2, 0.25) is 0 Å². The van der Waals surface area contributed by atoms with Gasteiger partial charge in [-0.05, 0) is 31.9 Å². The fraction of sp³-hybridized carbons (Fsp3) is 0.609. The van der Waals surface area contributed by atoms with E-state index < -0.39 is 0 Å². The van der Waals surface area contributed by atoms with Gasteiger partial charge in [0.25, 0.3) is 5.91 Å². The van der Waals surface area contributed by atoms with Crippen molar-refractivity contribution in [1.82, 2.24) is 10.2 Å². The molecule has 1 aliphatic heterocycles. The molecule has 2 aliphatic rings. The van der Waals surface area contributed by atoms with E-state index in [0.29, 0.717) is 23.6 Å². The van der Waals surface area contributed by atoms with Crippen molar-refractivity contribution in [2.24, 2.45) is 0 Å². The summed E-state index contributed by atoms with van der Waals surface area (Å²) in [5, 5.41) is 3.22. The molecule has 1 heterocycles. The quantitative estimate of drug-likeness (QED) is 0.756. The Bertz CT molecular complexity index is 720. The Kier molecular flexibility index (Phi) is 7.56. The summed E-state index contributed by atoms with van der Waals surface area (Å²) in [6.45, 7) is 6.04. The summed E-state index contributed by atoms with van der Waals surface area (Å²) in [6, 6.07) is 3.61. The highest BCUT2D eigenvalue weighted by Gasteiger charge is 2.38. The van der Waals surface area contributed by atoms with Gasteiger partial charge < -0.3 is 19.5 Å². The molecular formula is C23H34N2O4. The Hall–Kier alpha value is -2.05. The van der Waals surface area contributed by atoms with E-state index in [9.17, 15) is 4.79 Å². The van der Waals surface area contributed by atoms with Crippen molar-refractivity contribution < 1.29 is 19.0 Å². The predicted octanol–water partition coefficient (Wildman–Crippen LogP) is 3.50. The third-order valence-electron chi connectivity index (χ3n) is 6.16. The molecule has 3 rings (SSSR count). The molecule has 0 spiro atoms. The lowest BCUT2D eigenvalue weighted by Gasteiger charge is -2.48. The Balaban J connectivity index is 1.78. The van der Waals surface area contributed by atoms with Crippen molar-refractivity contribution in [3.05, 3.63) is 29.3 Å². The Labute approximate surface area is 174 Å². The summed E-state index contributed by atoms with van der Waals surface area (Å²) in [5.74, 6) is 1.13. The fourth-order valence-corrected chi connectivity index (χ4v) is 4.63. The first-order valence-electron chi connectivity index (χ1n) is 10.6. The number of nitrogens with zero attached hydrogens (tertiary/aromatic N) is 1. The van der Waals surface area contributed by atoms with Crippen molar-refractivity contribution >= 4 is 12.0 Å². The second-order valence-corrected chi connectivity index (χ2v) is 7.87.